The lowest BCUT2D eigenvalue weighted by Crippen LogP contribution is -1.96. The van der Waals surface area contributed by atoms with Crippen LogP contribution in [-0.2, 0) is 6.54 Å². The van der Waals surface area contributed by atoms with E-state index >= 15 is 0 Å². The quantitative estimate of drug-likeness (QED) is 0.854. The summed E-state index contributed by atoms with van der Waals surface area (Å²) in [4.78, 5) is 0. The van der Waals surface area contributed by atoms with Crippen LogP contribution in [0.1, 0.15) is 13.3 Å². The molecule has 0 amide bonds. The average molecular weight is 266 g/mol. The maximum absolute atomic E-state index is 4.13. The Hall–Kier alpha value is -1.16. The number of hydrogen-bond acceptors (Lipinski definition) is 2. The molecule has 0 unspecified atom stereocenters. The second kappa shape index (κ2) is 4.57. The highest BCUT2D eigenvalue weighted by atomic mass is 79.9. The third-order valence-electron chi connectivity index (χ3n) is 2.13. The van der Waals surface area contributed by atoms with E-state index in [1.165, 1.54) is 0 Å². The van der Waals surface area contributed by atoms with Crippen molar-refractivity contribution in [1.82, 2.24) is 15.0 Å². The fourth-order valence-corrected chi connectivity index (χ4v) is 1.65. The number of hydrogen-bond donors (Lipinski definition) is 0. The molecule has 15 heavy (non-hydrogen) atoms. The number of rotatable bonds is 3. The summed E-state index contributed by atoms with van der Waals surface area (Å²) in [5.41, 5.74) is 2.02. The number of nitrogens with zero attached hydrogens (tertiary/aromatic N) is 3. The highest BCUT2D eigenvalue weighted by Crippen LogP contribution is 2.19. The molecular weight excluding hydrogens is 254 g/mol. The van der Waals surface area contributed by atoms with Crippen LogP contribution in [0, 0.1) is 0 Å². The Bertz CT molecular complexity index is 433. The first-order chi connectivity index (χ1) is 7.29. The normalized spacial score (nSPS) is 10.5. The van der Waals surface area contributed by atoms with Crippen LogP contribution in [0.5, 0.6) is 0 Å². The Morgan fingerprint density at radius 2 is 2.00 bits per heavy atom. The summed E-state index contributed by atoms with van der Waals surface area (Å²) in [6.07, 6.45) is 3.05. The molecule has 1 aromatic heterocycles. The molecule has 0 radical (unpaired) electrons. The van der Waals surface area contributed by atoms with Crippen LogP contribution < -0.4 is 0 Å². The fourth-order valence-electron chi connectivity index (χ4n) is 1.39. The standard InChI is InChI=1S/C11H12BrN3/c1-2-7-15-8-11(13-14-15)9-3-5-10(12)6-4-9/h3-6,8H,2,7H2,1H3. The van der Waals surface area contributed by atoms with Crippen LogP contribution in [0.4, 0.5) is 0 Å². The molecule has 0 bridgehead atoms. The van der Waals surface area contributed by atoms with Crippen molar-refractivity contribution >= 4 is 15.9 Å². The SMILES string of the molecule is CCCn1cc(-c2ccc(Br)cc2)nn1. The van der Waals surface area contributed by atoms with Gasteiger partial charge in [0.05, 0.1) is 6.20 Å². The van der Waals surface area contributed by atoms with Gasteiger partial charge in [-0.3, -0.25) is 4.68 Å². The zero-order valence-electron chi connectivity index (χ0n) is 8.52. The van der Waals surface area contributed by atoms with Gasteiger partial charge in [0.1, 0.15) is 5.69 Å². The Morgan fingerprint density at radius 1 is 1.27 bits per heavy atom. The smallest absolute Gasteiger partial charge is 0.113 e. The van der Waals surface area contributed by atoms with Crippen LogP contribution in [0.25, 0.3) is 11.3 Å². The van der Waals surface area contributed by atoms with E-state index in [2.05, 4.69) is 33.2 Å². The minimum Gasteiger partial charge on any atom is -0.252 e. The van der Waals surface area contributed by atoms with Crippen molar-refractivity contribution in [3.8, 4) is 11.3 Å². The molecule has 1 aromatic carbocycles. The van der Waals surface area contributed by atoms with Gasteiger partial charge in [0, 0.05) is 16.6 Å². The third-order valence-corrected chi connectivity index (χ3v) is 2.66. The predicted molar refractivity (Wildman–Crippen MR) is 63.4 cm³/mol. The van der Waals surface area contributed by atoms with Crippen molar-refractivity contribution in [3.63, 3.8) is 0 Å². The van der Waals surface area contributed by atoms with E-state index in [0.29, 0.717) is 0 Å². The van der Waals surface area contributed by atoms with Crippen molar-refractivity contribution < 1.29 is 0 Å². The van der Waals surface area contributed by atoms with Crippen molar-refractivity contribution in [2.75, 3.05) is 0 Å². The molecular formula is C11H12BrN3. The van der Waals surface area contributed by atoms with Crippen molar-refractivity contribution in [1.29, 1.82) is 0 Å². The minimum atomic E-state index is 0.920. The monoisotopic (exact) mass is 265 g/mol. The zero-order valence-corrected chi connectivity index (χ0v) is 10.1. The summed E-state index contributed by atoms with van der Waals surface area (Å²) in [7, 11) is 0. The Balaban J connectivity index is 2.25. The van der Waals surface area contributed by atoms with Crippen LogP contribution in [-0.4, -0.2) is 15.0 Å². The molecule has 0 atom stereocenters. The molecule has 0 spiro atoms. The van der Waals surface area contributed by atoms with Gasteiger partial charge in [-0.1, -0.05) is 40.2 Å². The second-order valence-corrected chi connectivity index (χ2v) is 4.29. The third kappa shape index (κ3) is 2.45. The highest BCUT2D eigenvalue weighted by molar-refractivity contribution is 9.10. The van der Waals surface area contributed by atoms with Gasteiger partial charge in [0.15, 0.2) is 0 Å². The van der Waals surface area contributed by atoms with E-state index in [9.17, 15) is 0 Å². The van der Waals surface area contributed by atoms with E-state index < -0.39 is 0 Å². The first kappa shape index (κ1) is 10.4. The summed E-state index contributed by atoms with van der Waals surface area (Å²) >= 11 is 3.41. The van der Waals surface area contributed by atoms with Crippen molar-refractivity contribution in [2.45, 2.75) is 19.9 Å². The molecule has 0 N–H and O–H groups in total. The molecule has 0 aliphatic heterocycles. The Labute approximate surface area is 97.2 Å². The highest BCUT2D eigenvalue weighted by Gasteiger charge is 2.02. The summed E-state index contributed by atoms with van der Waals surface area (Å²) in [5, 5.41) is 8.19. The average Bonchev–Trinajstić information content (AvgIpc) is 2.68. The minimum absolute atomic E-state index is 0.920. The number of benzene rings is 1. The first-order valence-electron chi connectivity index (χ1n) is 4.95. The van der Waals surface area contributed by atoms with E-state index in [0.717, 1.165) is 28.7 Å². The molecule has 0 aliphatic carbocycles. The van der Waals surface area contributed by atoms with Gasteiger partial charge >= 0.3 is 0 Å². The maximum atomic E-state index is 4.13. The molecule has 0 saturated heterocycles. The predicted octanol–water partition coefficient (Wildman–Crippen LogP) is 3.12. The van der Waals surface area contributed by atoms with Gasteiger partial charge in [-0.2, -0.15) is 0 Å². The number of aryl methyl sites for hydroxylation is 1. The topological polar surface area (TPSA) is 30.7 Å². The first-order valence-corrected chi connectivity index (χ1v) is 5.75. The summed E-state index contributed by atoms with van der Waals surface area (Å²) in [6.45, 7) is 3.05. The largest absolute Gasteiger partial charge is 0.252 e. The molecule has 4 heteroatoms. The summed E-state index contributed by atoms with van der Waals surface area (Å²) in [5.74, 6) is 0. The van der Waals surface area contributed by atoms with Gasteiger partial charge in [-0.25, -0.2) is 0 Å². The second-order valence-electron chi connectivity index (χ2n) is 3.37. The van der Waals surface area contributed by atoms with Crippen LogP contribution in [0.3, 0.4) is 0 Å². The van der Waals surface area contributed by atoms with Crippen LogP contribution in [0.2, 0.25) is 0 Å². The fraction of sp³-hybridized carbons (Fsp3) is 0.273. The van der Waals surface area contributed by atoms with E-state index in [4.69, 9.17) is 0 Å². The molecule has 3 nitrogen and oxygen atoms in total. The van der Waals surface area contributed by atoms with Gasteiger partial charge < -0.3 is 0 Å². The van der Waals surface area contributed by atoms with Crippen LogP contribution >= 0.6 is 15.9 Å². The molecule has 1 heterocycles. The van der Waals surface area contributed by atoms with E-state index in [-0.39, 0.29) is 0 Å². The zero-order chi connectivity index (χ0) is 10.7. The lowest BCUT2D eigenvalue weighted by molar-refractivity contribution is 0.579. The van der Waals surface area contributed by atoms with Crippen molar-refractivity contribution in [2.24, 2.45) is 0 Å². The van der Waals surface area contributed by atoms with Crippen molar-refractivity contribution in [3.05, 3.63) is 34.9 Å². The Kier molecular flexibility index (Phi) is 3.16. The summed E-state index contributed by atoms with van der Waals surface area (Å²) < 4.78 is 2.95. The van der Waals surface area contributed by atoms with E-state index in [1.54, 1.807) is 0 Å². The van der Waals surface area contributed by atoms with E-state index in [1.807, 2.05) is 35.1 Å². The Morgan fingerprint density at radius 3 is 2.67 bits per heavy atom. The molecule has 0 fully saturated rings. The molecule has 0 saturated carbocycles. The van der Waals surface area contributed by atoms with Gasteiger partial charge in [0.2, 0.25) is 0 Å². The molecule has 78 valence electrons. The molecule has 2 aromatic rings. The van der Waals surface area contributed by atoms with Gasteiger partial charge in [-0.15, -0.1) is 5.10 Å². The van der Waals surface area contributed by atoms with Gasteiger partial charge in [-0.05, 0) is 18.6 Å². The van der Waals surface area contributed by atoms with Crippen LogP contribution in [0.15, 0.2) is 34.9 Å². The van der Waals surface area contributed by atoms with Gasteiger partial charge in [0.25, 0.3) is 0 Å². The lowest BCUT2D eigenvalue weighted by Gasteiger charge is -1.95. The molecule has 2 rings (SSSR count). The summed E-state index contributed by atoms with van der Waals surface area (Å²) in [6, 6.07) is 8.08. The number of halogens is 1. The number of aromatic nitrogens is 3. The maximum Gasteiger partial charge on any atom is 0.113 e. The molecule has 0 aliphatic rings. The lowest BCUT2D eigenvalue weighted by atomic mass is 10.2.